The molecule has 1 heterocycles. The molecule has 7 nitrogen and oxygen atoms in total. The van der Waals surface area contributed by atoms with Crippen molar-refractivity contribution in [1.82, 2.24) is 15.1 Å². The van der Waals surface area contributed by atoms with Crippen molar-refractivity contribution < 1.29 is 14.3 Å². The molecule has 0 saturated carbocycles. The summed E-state index contributed by atoms with van der Waals surface area (Å²) in [5.41, 5.74) is 0.821. The molecule has 23 heavy (non-hydrogen) atoms. The highest BCUT2D eigenvalue weighted by atomic mass is 16.7. The van der Waals surface area contributed by atoms with Crippen LogP contribution < -0.4 is 10.9 Å². The van der Waals surface area contributed by atoms with E-state index in [1.54, 1.807) is 0 Å². The number of rotatable bonds is 7. The van der Waals surface area contributed by atoms with Gasteiger partial charge in [-0.1, -0.05) is 30.3 Å². The fourth-order valence-electron chi connectivity index (χ4n) is 1.97. The molecule has 1 N–H and O–H groups in total. The number of ether oxygens (including phenoxy) is 2. The summed E-state index contributed by atoms with van der Waals surface area (Å²) in [5, 5.41) is 6.75. The molecule has 122 valence electrons. The van der Waals surface area contributed by atoms with Crippen molar-refractivity contribution in [3.8, 4) is 0 Å². The van der Waals surface area contributed by atoms with Crippen LogP contribution in [0.15, 0.2) is 47.3 Å². The van der Waals surface area contributed by atoms with Crippen molar-refractivity contribution in [3.63, 3.8) is 0 Å². The second-order valence-corrected chi connectivity index (χ2v) is 4.81. The molecule has 0 unspecified atom stereocenters. The van der Waals surface area contributed by atoms with E-state index in [0.29, 0.717) is 6.54 Å². The summed E-state index contributed by atoms with van der Waals surface area (Å²) in [6.45, 7) is 0.491. The average Bonchev–Trinajstić information content (AvgIpc) is 2.58. The first-order valence-corrected chi connectivity index (χ1v) is 7.10. The summed E-state index contributed by atoms with van der Waals surface area (Å²) < 4.78 is 11.2. The van der Waals surface area contributed by atoms with Gasteiger partial charge in [-0.15, -0.1) is 0 Å². The Labute approximate surface area is 133 Å². The fraction of sp³-hybridized carbons (Fsp3) is 0.312. The Morgan fingerprint density at radius 3 is 2.52 bits per heavy atom. The summed E-state index contributed by atoms with van der Waals surface area (Å²) in [5.74, 6) is -0.397. The average molecular weight is 317 g/mol. The topological polar surface area (TPSA) is 82.5 Å². The van der Waals surface area contributed by atoms with Crippen LogP contribution in [0.25, 0.3) is 0 Å². The van der Waals surface area contributed by atoms with Gasteiger partial charge in [0, 0.05) is 20.3 Å². The summed E-state index contributed by atoms with van der Waals surface area (Å²) in [6, 6.07) is 12.2. The molecule has 1 amide bonds. The van der Waals surface area contributed by atoms with Gasteiger partial charge in [-0.25, -0.2) is 4.68 Å². The second-order valence-electron chi connectivity index (χ2n) is 4.81. The standard InChI is InChI=1S/C16H19N3O4/c1-22-15(23-2)10-17-16(21)13-8-9-14(20)19(18-13)11-12-6-4-3-5-7-12/h3-9,15H,10-11H2,1-2H3,(H,17,21). The molecule has 0 aliphatic carbocycles. The van der Waals surface area contributed by atoms with E-state index < -0.39 is 12.2 Å². The Morgan fingerprint density at radius 1 is 1.17 bits per heavy atom. The van der Waals surface area contributed by atoms with Crippen LogP contribution in [-0.4, -0.2) is 42.7 Å². The molecular formula is C16H19N3O4. The van der Waals surface area contributed by atoms with E-state index in [9.17, 15) is 9.59 Å². The molecule has 1 aromatic carbocycles. The van der Waals surface area contributed by atoms with Crippen molar-refractivity contribution in [2.45, 2.75) is 12.8 Å². The van der Waals surface area contributed by atoms with Gasteiger partial charge in [-0.05, 0) is 11.6 Å². The number of benzene rings is 1. The van der Waals surface area contributed by atoms with Crippen LogP contribution in [-0.2, 0) is 16.0 Å². The largest absolute Gasteiger partial charge is 0.354 e. The first kappa shape index (κ1) is 16.9. The Kier molecular flexibility index (Phi) is 6.02. The quantitative estimate of drug-likeness (QED) is 0.758. The van der Waals surface area contributed by atoms with E-state index in [4.69, 9.17) is 9.47 Å². The predicted octanol–water partition coefficient (Wildman–Crippen LogP) is 0.640. The zero-order chi connectivity index (χ0) is 16.7. The lowest BCUT2D eigenvalue weighted by atomic mass is 10.2. The van der Waals surface area contributed by atoms with Crippen molar-refractivity contribution in [1.29, 1.82) is 0 Å². The normalized spacial score (nSPS) is 10.7. The Hall–Kier alpha value is -2.51. The highest BCUT2D eigenvalue weighted by molar-refractivity contribution is 5.91. The summed E-state index contributed by atoms with van der Waals surface area (Å²) in [6.07, 6.45) is -0.533. The minimum Gasteiger partial charge on any atom is -0.354 e. The zero-order valence-corrected chi connectivity index (χ0v) is 13.1. The Bertz CT molecular complexity index is 696. The van der Waals surface area contributed by atoms with Crippen LogP contribution in [0.5, 0.6) is 0 Å². The SMILES string of the molecule is COC(CNC(=O)c1ccc(=O)n(Cc2ccccc2)n1)OC. The van der Waals surface area contributed by atoms with E-state index in [0.717, 1.165) is 5.56 Å². The number of carbonyl (C=O) groups excluding carboxylic acids is 1. The third-order valence-corrected chi connectivity index (χ3v) is 3.23. The number of hydrogen-bond acceptors (Lipinski definition) is 5. The maximum Gasteiger partial charge on any atom is 0.271 e. The molecule has 0 aliphatic rings. The van der Waals surface area contributed by atoms with Gasteiger partial charge in [-0.3, -0.25) is 9.59 Å². The number of nitrogens with zero attached hydrogens (tertiary/aromatic N) is 2. The highest BCUT2D eigenvalue weighted by Gasteiger charge is 2.12. The maximum atomic E-state index is 12.1. The van der Waals surface area contributed by atoms with E-state index in [1.165, 1.54) is 31.0 Å². The molecule has 2 rings (SSSR count). The van der Waals surface area contributed by atoms with Gasteiger partial charge in [-0.2, -0.15) is 5.10 Å². The van der Waals surface area contributed by atoms with E-state index in [1.807, 2.05) is 30.3 Å². The van der Waals surface area contributed by atoms with Crippen LogP contribution in [0, 0.1) is 0 Å². The van der Waals surface area contributed by atoms with Crippen LogP contribution in [0.1, 0.15) is 16.1 Å². The van der Waals surface area contributed by atoms with Gasteiger partial charge in [0.2, 0.25) is 0 Å². The van der Waals surface area contributed by atoms with Crippen LogP contribution in [0.2, 0.25) is 0 Å². The molecule has 1 aromatic heterocycles. The van der Waals surface area contributed by atoms with Crippen molar-refractivity contribution in [3.05, 3.63) is 64.1 Å². The number of aromatic nitrogens is 2. The fourth-order valence-corrected chi connectivity index (χ4v) is 1.97. The van der Waals surface area contributed by atoms with Gasteiger partial charge in [0.15, 0.2) is 6.29 Å². The minimum atomic E-state index is -0.533. The molecule has 0 saturated heterocycles. The first-order valence-electron chi connectivity index (χ1n) is 7.10. The maximum absolute atomic E-state index is 12.1. The van der Waals surface area contributed by atoms with Crippen molar-refractivity contribution in [2.75, 3.05) is 20.8 Å². The van der Waals surface area contributed by atoms with E-state index in [2.05, 4.69) is 10.4 Å². The number of amides is 1. The molecule has 0 fully saturated rings. The van der Waals surface area contributed by atoms with Gasteiger partial charge in [0.05, 0.1) is 13.1 Å². The number of methoxy groups -OCH3 is 2. The number of nitrogens with one attached hydrogen (secondary N) is 1. The minimum absolute atomic E-state index is 0.159. The Balaban J connectivity index is 2.10. The number of hydrogen-bond donors (Lipinski definition) is 1. The lowest BCUT2D eigenvalue weighted by molar-refractivity contribution is -0.0974. The lowest BCUT2D eigenvalue weighted by Gasteiger charge is -2.14. The molecule has 0 spiro atoms. The lowest BCUT2D eigenvalue weighted by Crippen LogP contribution is -2.36. The van der Waals surface area contributed by atoms with Gasteiger partial charge in [0.25, 0.3) is 11.5 Å². The van der Waals surface area contributed by atoms with Crippen LogP contribution in [0.3, 0.4) is 0 Å². The van der Waals surface area contributed by atoms with Crippen molar-refractivity contribution in [2.24, 2.45) is 0 Å². The van der Waals surface area contributed by atoms with Gasteiger partial charge >= 0.3 is 0 Å². The summed E-state index contributed by atoms with van der Waals surface area (Å²) >= 11 is 0. The third kappa shape index (κ3) is 4.73. The summed E-state index contributed by atoms with van der Waals surface area (Å²) in [7, 11) is 2.97. The smallest absolute Gasteiger partial charge is 0.271 e. The molecule has 0 bridgehead atoms. The predicted molar refractivity (Wildman–Crippen MR) is 84.2 cm³/mol. The monoisotopic (exact) mass is 317 g/mol. The van der Waals surface area contributed by atoms with Gasteiger partial charge < -0.3 is 14.8 Å². The first-order chi connectivity index (χ1) is 11.1. The highest BCUT2D eigenvalue weighted by Crippen LogP contribution is 2.00. The van der Waals surface area contributed by atoms with Crippen molar-refractivity contribution >= 4 is 5.91 Å². The molecule has 0 radical (unpaired) electrons. The summed E-state index contributed by atoms with van der Waals surface area (Å²) in [4.78, 5) is 24.0. The zero-order valence-electron chi connectivity index (χ0n) is 13.1. The molecule has 7 heteroatoms. The van der Waals surface area contributed by atoms with E-state index in [-0.39, 0.29) is 17.8 Å². The molecule has 0 aliphatic heterocycles. The second kappa shape index (κ2) is 8.21. The molecule has 2 aromatic rings. The van der Waals surface area contributed by atoms with Crippen LogP contribution >= 0.6 is 0 Å². The van der Waals surface area contributed by atoms with Crippen LogP contribution in [0.4, 0.5) is 0 Å². The molecule has 0 atom stereocenters. The molecular weight excluding hydrogens is 298 g/mol. The Morgan fingerprint density at radius 2 is 1.87 bits per heavy atom. The number of carbonyl (C=O) groups is 1. The van der Waals surface area contributed by atoms with Gasteiger partial charge in [0.1, 0.15) is 5.69 Å². The van der Waals surface area contributed by atoms with E-state index >= 15 is 0 Å². The third-order valence-electron chi connectivity index (χ3n) is 3.23.